The molecular weight excluding hydrogens is 519 g/mol. The maximum Gasteiger partial charge on any atom is 0.352 e. The molecule has 6 nitrogen and oxygen atoms in total. The van der Waals surface area contributed by atoms with Gasteiger partial charge in [-0.05, 0) is 43.3 Å². The van der Waals surface area contributed by atoms with Crippen molar-refractivity contribution >= 4 is 64.1 Å². The van der Waals surface area contributed by atoms with Crippen molar-refractivity contribution in [3.8, 4) is 21.7 Å². The van der Waals surface area contributed by atoms with Crippen LogP contribution in [0.4, 0.5) is 0 Å². The SMILES string of the molecule is Cc1onc(-c2c(Cl)cccc2Cl)c1C(=O)N/C(=C/c1ccc(-c2ccccc2Cl)s1)C(=O)O. The summed E-state index contributed by atoms with van der Waals surface area (Å²) in [6, 6.07) is 15.8. The van der Waals surface area contributed by atoms with E-state index in [4.69, 9.17) is 39.3 Å². The van der Waals surface area contributed by atoms with Crippen LogP contribution in [-0.4, -0.2) is 22.1 Å². The van der Waals surface area contributed by atoms with Gasteiger partial charge in [0.05, 0.1) is 10.0 Å². The van der Waals surface area contributed by atoms with Crippen LogP contribution in [-0.2, 0) is 4.79 Å². The Morgan fingerprint density at radius 1 is 1.00 bits per heavy atom. The van der Waals surface area contributed by atoms with Crippen molar-refractivity contribution in [2.75, 3.05) is 0 Å². The Morgan fingerprint density at radius 2 is 1.68 bits per heavy atom. The highest BCUT2D eigenvalue weighted by atomic mass is 35.5. The molecule has 4 rings (SSSR count). The zero-order valence-corrected chi connectivity index (χ0v) is 20.5. The molecule has 0 radical (unpaired) electrons. The van der Waals surface area contributed by atoms with Crippen LogP contribution in [0, 0.1) is 6.92 Å². The number of aliphatic carboxylic acids is 1. The fourth-order valence-corrected chi connectivity index (χ4v) is 5.11. The number of nitrogens with one attached hydrogen (secondary N) is 1. The predicted molar refractivity (Wildman–Crippen MR) is 135 cm³/mol. The zero-order chi connectivity index (χ0) is 24.4. The van der Waals surface area contributed by atoms with Crippen molar-refractivity contribution in [1.82, 2.24) is 10.5 Å². The van der Waals surface area contributed by atoms with E-state index in [9.17, 15) is 14.7 Å². The monoisotopic (exact) mass is 532 g/mol. The van der Waals surface area contributed by atoms with Gasteiger partial charge in [0, 0.05) is 25.9 Å². The predicted octanol–water partition coefficient (Wildman–Crippen LogP) is 7.19. The van der Waals surface area contributed by atoms with Crippen molar-refractivity contribution in [3.05, 3.63) is 91.6 Å². The highest BCUT2D eigenvalue weighted by Crippen LogP contribution is 2.37. The molecule has 0 fully saturated rings. The van der Waals surface area contributed by atoms with Gasteiger partial charge in [-0.3, -0.25) is 4.79 Å². The molecule has 172 valence electrons. The number of nitrogens with zero attached hydrogens (tertiary/aromatic N) is 1. The first-order chi connectivity index (χ1) is 16.3. The van der Waals surface area contributed by atoms with Gasteiger partial charge in [-0.25, -0.2) is 4.79 Å². The van der Waals surface area contributed by atoms with Crippen molar-refractivity contribution in [1.29, 1.82) is 0 Å². The largest absolute Gasteiger partial charge is 0.477 e. The summed E-state index contributed by atoms with van der Waals surface area (Å²) in [5, 5.41) is 17.2. The highest BCUT2D eigenvalue weighted by molar-refractivity contribution is 7.16. The topological polar surface area (TPSA) is 92.4 Å². The smallest absolute Gasteiger partial charge is 0.352 e. The fraction of sp³-hybridized carbons (Fsp3) is 0.0417. The number of carboxylic acid groups (broad SMARTS) is 1. The average molecular weight is 534 g/mol. The minimum absolute atomic E-state index is 0.0325. The first kappa shape index (κ1) is 24.0. The molecule has 4 aromatic rings. The van der Waals surface area contributed by atoms with E-state index in [1.807, 2.05) is 24.3 Å². The van der Waals surface area contributed by atoms with E-state index >= 15 is 0 Å². The molecule has 34 heavy (non-hydrogen) atoms. The third kappa shape index (κ3) is 4.88. The van der Waals surface area contributed by atoms with Gasteiger partial charge < -0.3 is 14.9 Å². The molecule has 1 amide bonds. The molecule has 0 aliphatic heterocycles. The number of hydrogen-bond donors (Lipinski definition) is 2. The fourth-order valence-electron chi connectivity index (χ4n) is 3.25. The third-order valence-electron chi connectivity index (χ3n) is 4.82. The van der Waals surface area contributed by atoms with E-state index in [1.165, 1.54) is 24.3 Å². The first-order valence-electron chi connectivity index (χ1n) is 9.78. The number of carboxylic acids is 1. The molecule has 0 spiro atoms. The van der Waals surface area contributed by atoms with Gasteiger partial charge in [0.15, 0.2) is 0 Å². The molecule has 2 heterocycles. The van der Waals surface area contributed by atoms with Crippen molar-refractivity contribution in [2.24, 2.45) is 0 Å². The van der Waals surface area contributed by atoms with Crippen LogP contribution < -0.4 is 5.32 Å². The first-order valence-corrected chi connectivity index (χ1v) is 11.7. The van der Waals surface area contributed by atoms with E-state index in [0.29, 0.717) is 15.5 Å². The molecule has 0 saturated heterocycles. The Kier molecular flexibility index (Phi) is 7.09. The number of hydrogen-bond acceptors (Lipinski definition) is 5. The van der Waals surface area contributed by atoms with Crippen molar-refractivity contribution < 1.29 is 19.2 Å². The molecule has 0 unspecified atom stereocenters. The summed E-state index contributed by atoms with van der Waals surface area (Å²) >= 11 is 20.1. The molecule has 2 N–H and O–H groups in total. The molecular formula is C24H15Cl3N2O4S. The van der Waals surface area contributed by atoms with Crippen LogP contribution in [0.5, 0.6) is 0 Å². The molecule has 10 heteroatoms. The summed E-state index contributed by atoms with van der Waals surface area (Å²) in [4.78, 5) is 26.5. The Hall–Kier alpha value is -3.10. The van der Waals surface area contributed by atoms with Gasteiger partial charge in [0.2, 0.25) is 0 Å². The number of aromatic nitrogens is 1. The number of benzene rings is 2. The van der Waals surface area contributed by atoms with Crippen LogP contribution in [0.3, 0.4) is 0 Å². The number of carbonyl (C=O) groups is 2. The van der Waals surface area contributed by atoms with Crippen LogP contribution in [0.1, 0.15) is 21.0 Å². The number of rotatable bonds is 6. The number of aryl methyl sites for hydroxylation is 1. The van der Waals surface area contributed by atoms with E-state index in [2.05, 4.69) is 10.5 Å². The third-order valence-corrected chi connectivity index (χ3v) is 6.85. The van der Waals surface area contributed by atoms with Crippen LogP contribution in [0.2, 0.25) is 15.1 Å². The van der Waals surface area contributed by atoms with Gasteiger partial charge in [0.25, 0.3) is 5.91 Å². The summed E-state index contributed by atoms with van der Waals surface area (Å²) in [5.41, 5.74) is 0.972. The second-order valence-corrected chi connectivity index (χ2v) is 9.40. The van der Waals surface area contributed by atoms with Crippen molar-refractivity contribution in [2.45, 2.75) is 6.92 Å². The van der Waals surface area contributed by atoms with E-state index in [0.717, 1.165) is 10.4 Å². The van der Waals surface area contributed by atoms with E-state index in [1.54, 1.807) is 30.3 Å². The number of amides is 1. The lowest BCUT2D eigenvalue weighted by atomic mass is 10.1. The number of halogens is 3. The summed E-state index contributed by atoms with van der Waals surface area (Å²) in [6.07, 6.45) is 1.37. The second-order valence-electron chi connectivity index (χ2n) is 7.06. The van der Waals surface area contributed by atoms with Gasteiger partial charge in [0.1, 0.15) is 22.7 Å². The molecule has 0 aliphatic rings. The average Bonchev–Trinajstić information content (AvgIpc) is 3.40. The highest BCUT2D eigenvalue weighted by Gasteiger charge is 2.26. The van der Waals surface area contributed by atoms with Gasteiger partial charge in [-0.1, -0.05) is 64.2 Å². The second kappa shape index (κ2) is 10.0. The van der Waals surface area contributed by atoms with Gasteiger partial charge >= 0.3 is 5.97 Å². The van der Waals surface area contributed by atoms with E-state index < -0.39 is 11.9 Å². The normalized spacial score (nSPS) is 11.5. The van der Waals surface area contributed by atoms with Crippen molar-refractivity contribution in [3.63, 3.8) is 0 Å². The van der Waals surface area contributed by atoms with Gasteiger partial charge in [-0.2, -0.15) is 0 Å². The minimum Gasteiger partial charge on any atom is -0.477 e. The Balaban J connectivity index is 1.66. The van der Waals surface area contributed by atoms with Crippen LogP contribution >= 0.6 is 46.1 Å². The molecule has 2 aromatic heterocycles. The lowest BCUT2D eigenvalue weighted by Crippen LogP contribution is -2.27. The summed E-state index contributed by atoms with van der Waals surface area (Å²) in [6.45, 7) is 1.54. The summed E-state index contributed by atoms with van der Waals surface area (Å²) in [7, 11) is 0. The molecule has 0 bridgehead atoms. The van der Waals surface area contributed by atoms with Crippen LogP contribution in [0.15, 0.2) is 64.8 Å². The maximum absolute atomic E-state index is 13.1. The minimum atomic E-state index is -1.31. The van der Waals surface area contributed by atoms with E-state index in [-0.39, 0.29) is 32.8 Å². The molecule has 0 aliphatic carbocycles. The molecule has 0 atom stereocenters. The maximum atomic E-state index is 13.1. The number of thiophene rings is 1. The number of carbonyl (C=O) groups excluding carboxylic acids is 1. The Bertz CT molecular complexity index is 1420. The van der Waals surface area contributed by atoms with Crippen LogP contribution in [0.25, 0.3) is 27.8 Å². The lowest BCUT2D eigenvalue weighted by molar-refractivity contribution is -0.132. The standard InChI is InChI=1S/C24H15Cl3N2O4S/c1-12-20(22(29-33-12)21-16(26)7-4-8-17(21)27)23(30)28-18(24(31)32)11-13-9-10-19(34-13)14-5-2-3-6-15(14)25/h2-11H,1H3,(H,28,30)(H,31,32)/b18-11+. The Labute approximate surface area is 213 Å². The Morgan fingerprint density at radius 3 is 2.35 bits per heavy atom. The van der Waals surface area contributed by atoms with Gasteiger partial charge in [-0.15, -0.1) is 11.3 Å². The molecule has 0 saturated carbocycles. The lowest BCUT2D eigenvalue weighted by Gasteiger charge is -2.08. The molecule has 2 aromatic carbocycles. The summed E-state index contributed by atoms with van der Waals surface area (Å²) in [5.74, 6) is -1.85. The zero-order valence-electron chi connectivity index (χ0n) is 17.4. The quantitative estimate of drug-likeness (QED) is 0.256. The summed E-state index contributed by atoms with van der Waals surface area (Å²) < 4.78 is 5.20.